The molecule has 77 heavy (non-hydrogen) atoms. The van der Waals surface area contributed by atoms with Crippen LogP contribution in [-0.2, 0) is 23.8 Å². The van der Waals surface area contributed by atoms with Gasteiger partial charge in [-0.15, -0.1) is 0 Å². The highest BCUT2D eigenvalue weighted by Gasteiger charge is 2.47. The molecule has 1 saturated heterocycles. The number of hydrogen-bond acceptors (Lipinski definition) is 10. The van der Waals surface area contributed by atoms with Crippen molar-refractivity contribution in [2.24, 2.45) is 0 Å². The van der Waals surface area contributed by atoms with Crippen LogP contribution in [0.25, 0.3) is 0 Å². The lowest BCUT2D eigenvalue weighted by Gasteiger charge is -2.41. The summed E-state index contributed by atoms with van der Waals surface area (Å²) in [5.74, 6) is -1.36. The van der Waals surface area contributed by atoms with E-state index in [0.717, 1.165) is 83.5 Å². The molecule has 436 valence electrons. The zero-order valence-corrected chi connectivity index (χ0v) is 48.0. The molecule has 11 heteroatoms. The second-order valence-electron chi connectivity index (χ2n) is 20.0. The van der Waals surface area contributed by atoms with Crippen LogP contribution in [0.4, 0.5) is 0 Å². The number of hydrogen-bond donors (Lipinski definition) is 6. The topological polar surface area (TPSA) is 175 Å². The van der Waals surface area contributed by atoms with Crippen molar-refractivity contribution in [2.45, 2.75) is 256 Å². The van der Waals surface area contributed by atoms with Crippen molar-refractivity contribution in [3.8, 4) is 0 Å². The fraction of sp³-hybridized carbons (Fsp3) is 0.636. The lowest BCUT2D eigenvalue weighted by atomic mass is 9.99. The molecule has 1 rings (SSSR count). The number of aliphatic hydroxyl groups is 5. The number of rotatable bonds is 48. The number of carbonyl (C=O) groups is 2. The van der Waals surface area contributed by atoms with Crippen LogP contribution in [0.3, 0.4) is 0 Å². The molecule has 0 spiro atoms. The number of esters is 1. The summed E-state index contributed by atoms with van der Waals surface area (Å²) < 4.78 is 17.5. The van der Waals surface area contributed by atoms with E-state index in [1.165, 1.54) is 70.6 Å². The van der Waals surface area contributed by atoms with Gasteiger partial charge in [0.05, 0.1) is 25.4 Å². The van der Waals surface area contributed by atoms with Gasteiger partial charge in [0.2, 0.25) is 5.91 Å². The zero-order valence-electron chi connectivity index (χ0n) is 48.0. The van der Waals surface area contributed by atoms with E-state index in [4.69, 9.17) is 14.2 Å². The first-order valence-corrected chi connectivity index (χ1v) is 30.0. The third kappa shape index (κ3) is 40.6. The summed E-state index contributed by atoms with van der Waals surface area (Å²) in [6.07, 6.45) is 63.7. The van der Waals surface area contributed by atoms with E-state index in [1.54, 1.807) is 12.2 Å². The van der Waals surface area contributed by atoms with Gasteiger partial charge in [-0.25, -0.2) is 0 Å². The number of carbonyl (C=O) groups excluding carboxylic acids is 2. The molecule has 0 radical (unpaired) electrons. The molecule has 1 amide bonds. The molecular weight excluding hydrogens is 967 g/mol. The third-order valence-electron chi connectivity index (χ3n) is 13.0. The quantitative estimate of drug-likeness (QED) is 0.0195. The zero-order chi connectivity index (χ0) is 56.1. The Morgan fingerprint density at radius 1 is 0.519 bits per heavy atom. The Kier molecular flexibility index (Phi) is 48.3. The maximum atomic E-state index is 13.4. The van der Waals surface area contributed by atoms with Crippen LogP contribution in [0, 0.1) is 0 Å². The average molecular weight is 1070 g/mol. The first-order chi connectivity index (χ1) is 37.7. The second kappa shape index (κ2) is 52.5. The summed E-state index contributed by atoms with van der Waals surface area (Å²) >= 11 is 0. The molecule has 8 unspecified atom stereocenters. The maximum Gasteiger partial charge on any atom is 0.306 e. The first kappa shape index (κ1) is 70.8. The predicted molar refractivity (Wildman–Crippen MR) is 319 cm³/mol. The van der Waals surface area contributed by atoms with Gasteiger partial charge in [-0.2, -0.15) is 0 Å². The minimum absolute atomic E-state index is 0.0312. The summed E-state index contributed by atoms with van der Waals surface area (Å²) in [6.45, 7) is 5.55. The lowest BCUT2D eigenvalue weighted by Crippen LogP contribution is -2.61. The van der Waals surface area contributed by atoms with E-state index < -0.39 is 67.4 Å². The summed E-state index contributed by atoms with van der Waals surface area (Å²) in [7, 11) is 0. The van der Waals surface area contributed by atoms with Gasteiger partial charge in [0, 0.05) is 12.8 Å². The van der Waals surface area contributed by atoms with Crippen molar-refractivity contribution in [3.05, 3.63) is 134 Å². The standard InChI is InChI=1S/C66H107NO10/c1-4-7-10-13-16-19-22-25-27-29-31-32-35-38-41-44-47-50-53-59(70)65(74)67-57(58(69)52-49-46-43-40-37-34-24-21-18-15-12-9-6-3)56-75-66-64(63(73)62(72)60(55-68)76-66)77-61(71)54-51-48-45-42-39-36-33-30-28-26-23-20-17-14-11-8-5-2/h7,10,16-17,19-20,25-28,31-33,36,38,41-42,45,47,49-50,52,57-60,62-64,66,68-70,72-73H,4-6,8-9,11-15,18,21-24,29-30,34-35,37,39-40,43-44,46,48,51,53-56H2,1-3H3,(H,67,74)/b10-7-,19-16-,20-17-,27-25-,28-26-,32-31-,36-33-,41-38-,45-42-,50-47-,52-49+. The van der Waals surface area contributed by atoms with Crippen LogP contribution in [0.1, 0.15) is 207 Å². The molecule has 0 aliphatic carbocycles. The van der Waals surface area contributed by atoms with E-state index in [2.05, 4.69) is 117 Å². The van der Waals surface area contributed by atoms with Crippen LogP contribution >= 0.6 is 0 Å². The molecule has 0 saturated carbocycles. The third-order valence-corrected chi connectivity index (χ3v) is 13.0. The summed E-state index contributed by atoms with van der Waals surface area (Å²) in [5.41, 5.74) is 0. The molecule has 1 heterocycles. The van der Waals surface area contributed by atoms with Crippen molar-refractivity contribution < 1.29 is 49.3 Å². The minimum Gasteiger partial charge on any atom is -0.454 e. The Labute approximate surface area is 467 Å². The molecule has 0 aromatic heterocycles. The first-order valence-electron chi connectivity index (χ1n) is 30.0. The van der Waals surface area contributed by atoms with Gasteiger partial charge < -0.3 is 45.1 Å². The molecule has 0 aromatic rings. The van der Waals surface area contributed by atoms with Gasteiger partial charge in [-0.05, 0) is 96.3 Å². The van der Waals surface area contributed by atoms with Gasteiger partial charge in [0.25, 0.3) is 0 Å². The van der Waals surface area contributed by atoms with Gasteiger partial charge in [-0.1, -0.05) is 231 Å². The normalized spacial score (nSPS) is 20.0. The largest absolute Gasteiger partial charge is 0.454 e. The van der Waals surface area contributed by atoms with E-state index in [9.17, 15) is 35.1 Å². The Hall–Kier alpha value is -4.20. The molecule has 0 bridgehead atoms. The molecule has 1 fully saturated rings. The van der Waals surface area contributed by atoms with E-state index in [1.807, 2.05) is 30.4 Å². The van der Waals surface area contributed by atoms with Gasteiger partial charge in [0.1, 0.15) is 24.4 Å². The molecule has 0 aromatic carbocycles. The summed E-state index contributed by atoms with van der Waals surface area (Å²) in [4.78, 5) is 26.5. The molecule has 1 aliphatic heterocycles. The molecule has 8 atom stereocenters. The molecule has 11 nitrogen and oxygen atoms in total. The number of allylic oxidation sites excluding steroid dienone is 20. The Balaban J connectivity index is 2.82. The highest BCUT2D eigenvalue weighted by atomic mass is 16.7. The number of nitrogens with one attached hydrogen (secondary N) is 1. The average Bonchev–Trinajstić information content (AvgIpc) is 3.43. The van der Waals surface area contributed by atoms with Crippen LogP contribution in [-0.4, -0.2) is 99.6 Å². The molecule has 6 N–H and O–H groups in total. The van der Waals surface area contributed by atoms with Gasteiger partial charge in [-0.3, -0.25) is 9.59 Å². The van der Waals surface area contributed by atoms with E-state index in [-0.39, 0.29) is 19.4 Å². The van der Waals surface area contributed by atoms with Crippen molar-refractivity contribution in [3.63, 3.8) is 0 Å². The highest BCUT2D eigenvalue weighted by molar-refractivity contribution is 5.81. The van der Waals surface area contributed by atoms with Crippen LogP contribution < -0.4 is 5.32 Å². The Bertz CT molecular complexity index is 1760. The highest BCUT2D eigenvalue weighted by Crippen LogP contribution is 2.26. The predicted octanol–water partition coefficient (Wildman–Crippen LogP) is 14.1. The molecular formula is C66H107NO10. The lowest BCUT2D eigenvalue weighted by molar-refractivity contribution is -0.305. The van der Waals surface area contributed by atoms with Crippen LogP contribution in [0.2, 0.25) is 0 Å². The number of unbranched alkanes of at least 4 members (excludes halogenated alkanes) is 15. The van der Waals surface area contributed by atoms with Crippen molar-refractivity contribution in [1.29, 1.82) is 0 Å². The minimum atomic E-state index is -1.66. The van der Waals surface area contributed by atoms with Crippen molar-refractivity contribution in [2.75, 3.05) is 13.2 Å². The smallest absolute Gasteiger partial charge is 0.306 e. The second-order valence-corrected chi connectivity index (χ2v) is 20.0. The van der Waals surface area contributed by atoms with Crippen molar-refractivity contribution in [1.82, 2.24) is 5.32 Å². The van der Waals surface area contributed by atoms with Crippen LogP contribution in [0.5, 0.6) is 0 Å². The molecule has 1 aliphatic rings. The van der Waals surface area contributed by atoms with Gasteiger partial charge >= 0.3 is 5.97 Å². The fourth-order valence-electron chi connectivity index (χ4n) is 8.30. The monoisotopic (exact) mass is 1070 g/mol. The number of ether oxygens (including phenoxy) is 3. The Morgan fingerprint density at radius 3 is 1.43 bits per heavy atom. The fourth-order valence-corrected chi connectivity index (χ4v) is 8.30. The maximum absolute atomic E-state index is 13.4. The van der Waals surface area contributed by atoms with Gasteiger partial charge in [0.15, 0.2) is 12.4 Å². The Morgan fingerprint density at radius 2 is 0.935 bits per heavy atom. The van der Waals surface area contributed by atoms with Crippen LogP contribution in [0.15, 0.2) is 134 Å². The van der Waals surface area contributed by atoms with Crippen molar-refractivity contribution >= 4 is 11.9 Å². The van der Waals surface area contributed by atoms with E-state index >= 15 is 0 Å². The summed E-state index contributed by atoms with van der Waals surface area (Å²) in [6, 6.07) is -1.09. The van der Waals surface area contributed by atoms with E-state index in [0.29, 0.717) is 19.3 Å². The number of amides is 1. The number of aliphatic hydroxyl groups excluding tert-OH is 5. The SMILES string of the molecule is CC/C=C\C/C=C\C/C=C\C/C=C\C/C=C\C/C=C\CC(O)C(=O)NC(COC1OC(CO)C(O)C(O)C1OC(=O)CCC/C=C\C/C=C\C/C=C\C/C=C\CCCCC)C(O)/C=C/CCCCCCCCCCCCC. The summed E-state index contributed by atoms with van der Waals surface area (Å²) in [5, 5.41) is 56.8.